The third kappa shape index (κ3) is 5.50. The standard InChI is InChI=1S/C13H26N2O2/c1-5-17-13(16)12(14-11-6-7-11)8-9-15(4)10(2)3/h10-12,14H,5-9H2,1-4H3. The summed E-state index contributed by atoms with van der Waals surface area (Å²) in [6.07, 6.45) is 3.20. The molecular formula is C13H26N2O2. The molecule has 0 saturated heterocycles. The molecule has 1 aliphatic rings. The van der Waals surface area contributed by atoms with Gasteiger partial charge in [-0.3, -0.25) is 4.79 Å². The Bertz CT molecular complexity index is 240. The van der Waals surface area contributed by atoms with Crippen LogP contribution < -0.4 is 5.32 Å². The maximum absolute atomic E-state index is 11.8. The van der Waals surface area contributed by atoms with E-state index in [9.17, 15) is 4.79 Å². The van der Waals surface area contributed by atoms with E-state index in [1.165, 1.54) is 12.8 Å². The van der Waals surface area contributed by atoms with E-state index in [1.54, 1.807) is 0 Å². The van der Waals surface area contributed by atoms with Crippen molar-refractivity contribution in [2.45, 2.75) is 58.2 Å². The van der Waals surface area contributed by atoms with Crippen molar-refractivity contribution in [2.75, 3.05) is 20.2 Å². The number of ether oxygens (including phenoxy) is 1. The fraction of sp³-hybridized carbons (Fsp3) is 0.923. The molecule has 0 aromatic heterocycles. The molecule has 4 nitrogen and oxygen atoms in total. The highest BCUT2D eigenvalue weighted by atomic mass is 16.5. The van der Waals surface area contributed by atoms with Crippen molar-refractivity contribution < 1.29 is 9.53 Å². The highest BCUT2D eigenvalue weighted by molar-refractivity contribution is 5.75. The van der Waals surface area contributed by atoms with Gasteiger partial charge in [0.15, 0.2) is 0 Å². The smallest absolute Gasteiger partial charge is 0.323 e. The molecule has 0 radical (unpaired) electrons. The van der Waals surface area contributed by atoms with Gasteiger partial charge in [0.05, 0.1) is 6.61 Å². The van der Waals surface area contributed by atoms with Crippen LogP contribution in [0.2, 0.25) is 0 Å². The lowest BCUT2D eigenvalue weighted by molar-refractivity contribution is -0.146. The Hall–Kier alpha value is -0.610. The van der Waals surface area contributed by atoms with Crippen molar-refractivity contribution in [1.29, 1.82) is 0 Å². The third-order valence-electron chi connectivity index (χ3n) is 3.24. The summed E-state index contributed by atoms with van der Waals surface area (Å²) in [7, 11) is 2.09. The summed E-state index contributed by atoms with van der Waals surface area (Å²) in [4.78, 5) is 14.0. The molecule has 0 spiro atoms. The minimum atomic E-state index is -0.136. The van der Waals surface area contributed by atoms with Gasteiger partial charge >= 0.3 is 5.97 Å². The molecule has 0 aromatic carbocycles. The predicted octanol–water partition coefficient (Wildman–Crippen LogP) is 1.40. The zero-order valence-corrected chi connectivity index (χ0v) is 11.5. The lowest BCUT2D eigenvalue weighted by Crippen LogP contribution is -2.42. The summed E-state index contributed by atoms with van der Waals surface area (Å²) in [5, 5.41) is 3.37. The molecule has 1 rings (SSSR count). The van der Waals surface area contributed by atoms with Crippen LogP contribution in [0.4, 0.5) is 0 Å². The first-order valence-corrected chi connectivity index (χ1v) is 6.67. The molecular weight excluding hydrogens is 216 g/mol. The van der Waals surface area contributed by atoms with Gasteiger partial charge in [0.2, 0.25) is 0 Å². The van der Waals surface area contributed by atoms with Gasteiger partial charge in [-0.2, -0.15) is 0 Å². The maximum Gasteiger partial charge on any atom is 0.323 e. The molecule has 100 valence electrons. The van der Waals surface area contributed by atoms with Crippen LogP contribution in [0.25, 0.3) is 0 Å². The number of rotatable bonds is 8. The van der Waals surface area contributed by atoms with Crippen molar-refractivity contribution in [3.63, 3.8) is 0 Å². The van der Waals surface area contributed by atoms with Crippen LogP contribution in [-0.4, -0.2) is 49.2 Å². The second-order valence-electron chi connectivity index (χ2n) is 5.11. The van der Waals surface area contributed by atoms with Crippen molar-refractivity contribution in [2.24, 2.45) is 0 Å². The van der Waals surface area contributed by atoms with Crippen molar-refractivity contribution in [1.82, 2.24) is 10.2 Å². The Labute approximate surface area is 105 Å². The highest BCUT2D eigenvalue weighted by Gasteiger charge is 2.29. The zero-order valence-electron chi connectivity index (χ0n) is 11.5. The van der Waals surface area contributed by atoms with Gasteiger partial charge in [-0.25, -0.2) is 0 Å². The van der Waals surface area contributed by atoms with Gasteiger partial charge in [0, 0.05) is 18.6 Å². The third-order valence-corrected chi connectivity index (χ3v) is 3.24. The van der Waals surface area contributed by atoms with Gasteiger partial charge in [0.25, 0.3) is 0 Å². The molecule has 0 amide bonds. The normalized spacial score (nSPS) is 17.5. The van der Waals surface area contributed by atoms with Crippen molar-refractivity contribution >= 4 is 5.97 Å². The SMILES string of the molecule is CCOC(=O)C(CCN(C)C(C)C)NC1CC1. The first kappa shape index (κ1) is 14.5. The Kier molecular flexibility index (Phi) is 5.92. The van der Waals surface area contributed by atoms with E-state index in [-0.39, 0.29) is 12.0 Å². The van der Waals surface area contributed by atoms with Gasteiger partial charge in [0.1, 0.15) is 6.04 Å². The molecule has 0 aromatic rings. The number of esters is 1. The maximum atomic E-state index is 11.8. The molecule has 1 saturated carbocycles. The minimum absolute atomic E-state index is 0.100. The number of hydrogen-bond acceptors (Lipinski definition) is 4. The van der Waals surface area contributed by atoms with Crippen LogP contribution in [0.15, 0.2) is 0 Å². The molecule has 0 aliphatic heterocycles. The second-order valence-corrected chi connectivity index (χ2v) is 5.11. The molecule has 0 bridgehead atoms. The van der Waals surface area contributed by atoms with E-state index < -0.39 is 0 Å². The summed E-state index contributed by atoms with van der Waals surface area (Å²) in [5.41, 5.74) is 0. The lowest BCUT2D eigenvalue weighted by atomic mass is 10.2. The Morgan fingerprint density at radius 2 is 2.12 bits per heavy atom. The van der Waals surface area contributed by atoms with Gasteiger partial charge in [-0.05, 0) is 47.1 Å². The van der Waals surface area contributed by atoms with Gasteiger partial charge < -0.3 is 15.0 Å². The van der Waals surface area contributed by atoms with Crippen LogP contribution in [-0.2, 0) is 9.53 Å². The Morgan fingerprint density at radius 3 is 2.59 bits per heavy atom. The summed E-state index contributed by atoms with van der Waals surface area (Å²) in [6.45, 7) is 7.55. The molecule has 17 heavy (non-hydrogen) atoms. The van der Waals surface area contributed by atoms with Crippen molar-refractivity contribution in [3.8, 4) is 0 Å². The largest absolute Gasteiger partial charge is 0.465 e. The summed E-state index contributed by atoms with van der Waals surface area (Å²) >= 11 is 0. The van der Waals surface area contributed by atoms with E-state index in [0.29, 0.717) is 18.7 Å². The quantitative estimate of drug-likeness (QED) is 0.653. The van der Waals surface area contributed by atoms with E-state index in [1.807, 2.05) is 6.92 Å². The number of hydrogen-bond donors (Lipinski definition) is 1. The average molecular weight is 242 g/mol. The fourth-order valence-electron chi connectivity index (χ4n) is 1.64. The van der Waals surface area contributed by atoms with Crippen LogP contribution >= 0.6 is 0 Å². The highest BCUT2D eigenvalue weighted by Crippen LogP contribution is 2.20. The predicted molar refractivity (Wildman–Crippen MR) is 69.0 cm³/mol. The molecule has 1 atom stereocenters. The van der Waals surface area contributed by atoms with E-state index in [2.05, 4.69) is 31.1 Å². The van der Waals surface area contributed by atoms with E-state index in [0.717, 1.165) is 13.0 Å². The molecule has 0 heterocycles. The van der Waals surface area contributed by atoms with Crippen LogP contribution in [0.1, 0.15) is 40.0 Å². The van der Waals surface area contributed by atoms with Gasteiger partial charge in [-0.1, -0.05) is 0 Å². The number of carbonyl (C=O) groups excluding carboxylic acids is 1. The van der Waals surface area contributed by atoms with Crippen LogP contribution in [0.5, 0.6) is 0 Å². The van der Waals surface area contributed by atoms with Crippen LogP contribution in [0.3, 0.4) is 0 Å². The monoisotopic (exact) mass is 242 g/mol. The zero-order chi connectivity index (χ0) is 12.8. The summed E-state index contributed by atoms with van der Waals surface area (Å²) in [6, 6.07) is 0.913. The number of nitrogens with one attached hydrogen (secondary N) is 1. The number of nitrogens with zero attached hydrogens (tertiary/aromatic N) is 1. The Balaban J connectivity index is 2.36. The summed E-state index contributed by atoms with van der Waals surface area (Å²) < 4.78 is 5.11. The molecule has 4 heteroatoms. The van der Waals surface area contributed by atoms with Crippen LogP contribution in [0, 0.1) is 0 Å². The van der Waals surface area contributed by atoms with E-state index in [4.69, 9.17) is 4.74 Å². The Morgan fingerprint density at radius 1 is 1.47 bits per heavy atom. The number of carbonyl (C=O) groups is 1. The van der Waals surface area contributed by atoms with Gasteiger partial charge in [-0.15, -0.1) is 0 Å². The second kappa shape index (κ2) is 6.97. The lowest BCUT2D eigenvalue weighted by Gasteiger charge is -2.24. The molecule has 1 N–H and O–H groups in total. The average Bonchev–Trinajstić information content (AvgIpc) is 3.07. The molecule has 1 fully saturated rings. The first-order chi connectivity index (χ1) is 8.04. The molecule has 1 unspecified atom stereocenters. The molecule has 1 aliphatic carbocycles. The van der Waals surface area contributed by atoms with E-state index >= 15 is 0 Å². The topological polar surface area (TPSA) is 41.6 Å². The summed E-state index contributed by atoms with van der Waals surface area (Å²) in [5.74, 6) is -0.100. The minimum Gasteiger partial charge on any atom is -0.465 e. The first-order valence-electron chi connectivity index (χ1n) is 6.67. The fourth-order valence-corrected chi connectivity index (χ4v) is 1.64. The van der Waals surface area contributed by atoms with Crippen molar-refractivity contribution in [3.05, 3.63) is 0 Å².